The van der Waals surface area contributed by atoms with Crippen LogP contribution in [0.15, 0.2) is 0 Å². The third kappa shape index (κ3) is 2.58. The van der Waals surface area contributed by atoms with Crippen molar-refractivity contribution in [3.05, 3.63) is 4.88 Å². The zero-order valence-electron chi connectivity index (χ0n) is 10.4. The lowest BCUT2D eigenvalue weighted by molar-refractivity contribution is 0.0956. The minimum absolute atomic E-state index is 0.0899. The van der Waals surface area contributed by atoms with Gasteiger partial charge in [-0.15, -0.1) is 0 Å². The van der Waals surface area contributed by atoms with Crippen molar-refractivity contribution in [1.29, 1.82) is 0 Å². The first-order chi connectivity index (χ1) is 8.63. The summed E-state index contributed by atoms with van der Waals surface area (Å²) in [7, 11) is 0. The number of thiazole rings is 1. The van der Waals surface area contributed by atoms with Crippen molar-refractivity contribution in [3.63, 3.8) is 0 Å². The van der Waals surface area contributed by atoms with E-state index >= 15 is 0 Å². The smallest absolute Gasteiger partial charge is 0.265 e. The van der Waals surface area contributed by atoms with Gasteiger partial charge in [-0.05, 0) is 31.1 Å². The summed E-state index contributed by atoms with van der Waals surface area (Å²) in [6.45, 7) is 2.96. The zero-order chi connectivity index (χ0) is 12.7. The number of carbonyl (C=O) groups is 1. The summed E-state index contributed by atoms with van der Waals surface area (Å²) >= 11 is 1.35. The van der Waals surface area contributed by atoms with Crippen LogP contribution in [0.4, 0.5) is 10.9 Å². The Bertz CT molecular complexity index is 469. The summed E-state index contributed by atoms with van der Waals surface area (Å²) in [6, 6.07) is 0.527. The lowest BCUT2D eigenvalue weighted by Gasteiger charge is -2.02. The van der Waals surface area contributed by atoms with Crippen LogP contribution in [0, 0.1) is 11.8 Å². The van der Waals surface area contributed by atoms with Crippen LogP contribution in [0.25, 0.3) is 0 Å². The zero-order valence-corrected chi connectivity index (χ0v) is 11.2. The van der Waals surface area contributed by atoms with Crippen LogP contribution >= 0.6 is 11.3 Å². The van der Waals surface area contributed by atoms with Gasteiger partial charge in [-0.3, -0.25) is 4.79 Å². The molecule has 0 aromatic carbocycles. The average Bonchev–Trinajstić information content (AvgIpc) is 3.21. The Morgan fingerprint density at radius 2 is 2.28 bits per heavy atom. The molecule has 1 aromatic heterocycles. The van der Waals surface area contributed by atoms with Crippen molar-refractivity contribution in [3.8, 4) is 0 Å². The van der Waals surface area contributed by atoms with E-state index in [4.69, 9.17) is 5.73 Å². The summed E-state index contributed by atoms with van der Waals surface area (Å²) in [5.41, 5.74) is 5.79. The number of nitrogens with two attached hydrogens (primary N) is 1. The lowest BCUT2D eigenvalue weighted by Crippen LogP contribution is -2.25. The molecule has 6 heteroatoms. The summed E-state index contributed by atoms with van der Waals surface area (Å²) in [5.74, 6) is 1.64. The quantitative estimate of drug-likeness (QED) is 0.757. The van der Waals surface area contributed by atoms with Gasteiger partial charge in [-0.2, -0.15) is 0 Å². The molecular weight excluding hydrogens is 248 g/mol. The molecule has 0 bridgehead atoms. The summed E-state index contributed by atoms with van der Waals surface area (Å²) in [5, 5.41) is 6.97. The molecule has 0 saturated heterocycles. The van der Waals surface area contributed by atoms with Gasteiger partial charge in [0.1, 0.15) is 10.7 Å². The molecule has 5 nitrogen and oxygen atoms in total. The molecule has 18 heavy (non-hydrogen) atoms. The fraction of sp³-hybridized carbons (Fsp3) is 0.667. The van der Waals surface area contributed by atoms with Gasteiger partial charge in [0.15, 0.2) is 5.13 Å². The van der Waals surface area contributed by atoms with E-state index in [0.717, 1.165) is 17.6 Å². The molecule has 1 heterocycles. The largest absolute Gasteiger partial charge is 0.382 e. The highest BCUT2D eigenvalue weighted by molar-refractivity contribution is 7.18. The first-order valence-corrected chi connectivity index (χ1v) is 7.26. The molecule has 2 saturated carbocycles. The molecule has 2 aliphatic carbocycles. The number of hydrogen-bond donors (Lipinski definition) is 3. The van der Waals surface area contributed by atoms with Crippen LogP contribution in [0.2, 0.25) is 0 Å². The van der Waals surface area contributed by atoms with Crippen molar-refractivity contribution < 1.29 is 4.79 Å². The van der Waals surface area contributed by atoms with E-state index < -0.39 is 0 Å². The second-order valence-corrected chi connectivity index (χ2v) is 6.33. The molecule has 3 rings (SSSR count). The fourth-order valence-corrected chi connectivity index (χ4v) is 2.82. The number of nitrogen functional groups attached to an aromatic ring is 1. The topological polar surface area (TPSA) is 80.0 Å². The summed E-state index contributed by atoms with van der Waals surface area (Å²) in [4.78, 5) is 16.7. The Labute approximate surface area is 110 Å². The van der Waals surface area contributed by atoms with Crippen LogP contribution < -0.4 is 16.4 Å². The third-order valence-electron chi connectivity index (χ3n) is 3.57. The molecule has 98 valence electrons. The Balaban J connectivity index is 1.59. The first kappa shape index (κ1) is 11.8. The minimum atomic E-state index is -0.0899. The standard InChI is InChI=1S/C12H18N4OS/c1-6-4-7(6)5-14-11(17)9-10(13)16-12(18-9)15-8-2-3-8/h6-8H,2-5,13H2,1H3,(H,14,17)(H,15,16). The minimum Gasteiger partial charge on any atom is -0.382 e. The first-order valence-electron chi connectivity index (χ1n) is 6.44. The molecule has 0 spiro atoms. The van der Waals surface area contributed by atoms with E-state index in [9.17, 15) is 4.79 Å². The van der Waals surface area contributed by atoms with E-state index in [1.54, 1.807) is 0 Å². The maximum absolute atomic E-state index is 12.0. The number of carbonyl (C=O) groups excluding carboxylic acids is 1. The van der Waals surface area contributed by atoms with Crippen LogP contribution in [0.5, 0.6) is 0 Å². The molecule has 1 aromatic rings. The number of hydrogen-bond acceptors (Lipinski definition) is 5. The van der Waals surface area contributed by atoms with Gasteiger partial charge in [-0.25, -0.2) is 4.98 Å². The second-order valence-electron chi connectivity index (χ2n) is 5.34. The molecule has 0 radical (unpaired) electrons. The van der Waals surface area contributed by atoms with Gasteiger partial charge in [0.05, 0.1) is 0 Å². The second kappa shape index (κ2) is 4.42. The Morgan fingerprint density at radius 3 is 2.89 bits per heavy atom. The fourth-order valence-electron chi connectivity index (χ4n) is 1.95. The Morgan fingerprint density at radius 1 is 1.56 bits per heavy atom. The predicted molar refractivity (Wildman–Crippen MR) is 72.8 cm³/mol. The number of aromatic nitrogens is 1. The van der Waals surface area contributed by atoms with Crippen LogP contribution in [0.1, 0.15) is 35.9 Å². The molecule has 2 unspecified atom stereocenters. The van der Waals surface area contributed by atoms with Gasteiger partial charge >= 0.3 is 0 Å². The maximum atomic E-state index is 12.0. The number of nitrogens with one attached hydrogen (secondary N) is 2. The van der Waals surface area contributed by atoms with Crippen LogP contribution in [0.3, 0.4) is 0 Å². The number of rotatable bonds is 5. The molecular formula is C12H18N4OS. The van der Waals surface area contributed by atoms with Crippen molar-refractivity contribution in [2.45, 2.75) is 32.2 Å². The Hall–Kier alpha value is -1.30. The predicted octanol–water partition coefficient (Wildman–Crippen LogP) is 1.69. The van der Waals surface area contributed by atoms with Crippen molar-refractivity contribution in [2.75, 3.05) is 17.6 Å². The van der Waals surface area contributed by atoms with Gasteiger partial charge in [0, 0.05) is 12.6 Å². The summed E-state index contributed by atoms with van der Waals surface area (Å²) < 4.78 is 0. The van der Waals surface area contributed by atoms with Crippen molar-refractivity contribution >= 4 is 28.2 Å². The number of amides is 1. The highest BCUT2D eigenvalue weighted by Gasteiger charge is 2.33. The maximum Gasteiger partial charge on any atom is 0.265 e. The summed E-state index contributed by atoms with van der Waals surface area (Å²) in [6.07, 6.45) is 3.58. The highest BCUT2D eigenvalue weighted by Crippen LogP contribution is 2.37. The van der Waals surface area contributed by atoms with E-state index in [1.807, 2.05) is 0 Å². The molecule has 1 amide bonds. The van der Waals surface area contributed by atoms with E-state index in [2.05, 4.69) is 22.5 Å². The van der Waals surface area contributed by atoms with Crippen molar-refractivity contribution in [2.24, 2.45) is 11.8 Å². The van der Waals surface area contributed by atoms with Crippen molar-refractivity contribution in [1.82, 2.24) is 10.3 Å². The molecule has 2 fully saturated rings. The van der Waals surface area contributed by atoms with Gasteiger partial charge in [0.25, 0.3) is 5.91 Å². The number of nitrogens with zero attached hydrogens (tertiary/aromatic N) is 1. The molecule has 0 aliphatic heterocycles. The normalized spacial score (nSPS) is 25.8. The third-order valence-corrected chi connectivity index (χ3v) is 4.57. The van der Waals surface area contributed by atoms with E-state index in [1.165, 1.54) is 30.6 Å². The molecule has 2 aliphatic rings. The SMILES string of the molecule is CC1CC1CNC(=O)c1sc(NC2CC2)nc1N. The van der Waals surface area contributed by atoms with Gasteiger partial charge < -0.3 is 16.4 Å². The average molecular weight is 266 g/mol. The number of anilines is 2. The lowest BCUT2D eigenvalue weighted by atomic mass is 10.3. The van der Waals surface area contributed by atoms with Gasteiger partial charge in [-0.1, -0.05) is 18.3 Å². The van der Waals surface area contributed by atoms with Gasteiger partial charge in [0.2, 0.25) is 0 Å². The van der Waals surface area contributed by atoms with Crippen LogP contribution in [-0.2, 0) is 0 Å². The molecule has 4 N–H and O–H groups in total. The van der Waals surface area contributed by atoms with E-state index in [0.29, 0.717) is 22.7 Å². The molecule has 2 atom stereocenters. The highest BCUT2D eigenvalue weighted by atomic mass is 32.1. The monoisotopic (exact) mass is 266 g/mol. The Kier molecular flexibility index (Phi) is 2.89. The van der Waals surface area contributed by atoms with Crippen LogP contribution in [-0.4, -0.2) is 23.5 Å². The van der Waals surface area contributed by atoms with E-state index in [-0.39, 0.29) is 5.91 Å².